The van der Waals surface area contributed by atoms with Gasteiger partial charge in [0.2, 0.25) is 0 Å². The number of aromatic nitrogens is 2. The summed E-state index contributed by atoms with van der Waals surface area (Å²) in [7, 11) is 0. The van der Waals surface area contributed by atoms with E-state index in [0.29, 0.717) is 10.2 Å². The van der Waals surface area contributed by atoms with Gasteiger partial charge >= 0.3 is 0 Å². The lowest BCUT2D eigenvalue weighted by atomic mass is 10.2. The Bertz CT molecular complexity index is 1240. The van der Waals surface area contributed by atoms with Crippen LogP contribution in [0.25, 0.3) is 20.7 Å². The Morgan fingerprint density at radius 1 is 1.17 bits per heavy atom. The van der Waals surface area contributed by atoms with Gasteiger partial charge in [0.25, 0.3) is 11.5 Å². The summed E-state index contributed by atoms with van der Waals surface area (Å²) in [5.41, 5.74) is 3.85. The molecule has 144 valence electrons. The van der Waals surface area contributed by atoms with Crippen molar-refractivity contribution in [2.45, 2.75) is 6.54 Å². The quantitative estimate of drug-likeness (QED) is 0.395. The molecule has 2 aromatic heterocycles. The van der Waals surface area contributed by atoms with E-state index in [1.807, 2.05) is 36.4 Å². The number of amides is 1. The van der Waals surface area contributed by atoms with E-state index in [2.05, 4.69) is 15.5 Å². The maximum Gasteiger partial charge on any atom is 0.262 e. The Hall–Kier alpha value is -3.78. The maximum atomic E-state index is 12.7. The first-order valence-electron chi connectivity index (χ1n) is 8.75. The number of aromatic hydroxyl groups is 1. The second-order valence-electron chi connectivity index (χ2n) is 6.26. The Balaban J connectivity index is 1.49. The third-order valence-electron chi connectivity index (χ3n) is 4.19. The summed E-state index contributed by atoms with van der Waals surface area (Å²) in [6.45, 7) is -0.189. The van der Waals surface area contributed by atoms with E-state index in [4.69, 9.17) is 0 Å². The minimum Gasteiger partial charge on any atom is -0.508 e. The number of thiophene rings is 1. The van der Waals surface area contributed by atoms with Gasteiger partial charge in [0.15, 0.2) is 0 Å². The molecular weight excluding hydrogens is 388 g/mol. The predicted molar refractivity (Wildman–Crippen MR) is 113 cm³/mol. The van der Waals surface area contributed by atoms with E-state index in [0.717, 1.165) is 16.0 Å². The number of phenolic OH excluding ortho intramolecular Hbond substituents is 1. The Morgan fingerprint density at radius 3 is 2.69 bits per heavy atom. The summed E-state index contributed by atoms with van der Waals surface area (Å²) in [5.74, 6) is -0.293. The molecule has 0 radical (unpaired) electrons. The Kier molecular flexibility index (Phi) is 5.17. The van der Waals surface area contributed by atoms with Crippen LogP contribution in [0.15, 0.2) is 76.9 Å². The van der Waals surface area contributed by atoms with E-state index in [1.54, 1.807) is 12.1 Å². The predicted octanol–water partition coefficient (Wildman–Crippen LogP) is 2.98. The van der Waals surface area contributed by atoms with Gasteiger partial charge in [-0.15, -0.1) is 11.3 Å². The third kappa shape index (κ3) is 4.22. The van der Waals surface area contributed by atoms with Gasteiger partial charge in [0, 0.05) is 4.88 Å². The third-order valence-corrected chi connectivity index (χ3v) is 5.28. The molecule has 0 saturated carbocycles. The molecule has 4 rings (SSSR count). The van der Waals surface area contributed by atoms with Crippen molar-refractivity contribution in [1.29, 1.82) is 0 Å². The minimum atomic E-state index is -0.443. The molecule has 0 atom stereocenters. The van der Waals surface area contributed by atoms with E-state index >= 15 is 0 Å². The fraction of sp³-hybridized carbons (Fsp3) is 0.0476. The van der Waals surface area contributed by atoms with Crippen molar-refractivity contribution in [3.63, 3.8) is 0 Å². The Morgan fingerprint density at radius 2 is 1.93 bits per heavy atom. The number of nitrogens with zero attached hydrogens (tertiary/aromatic N) is 3. The molecule has 2 heterocycles. The molecular formula is C21H16N4O3S. The monoisotopic (exact) mass is 404 g/mol. The summed E-state index contributed by atoms with van der Waals surface area (Å²) >= 11 is 1.44. The molecule has 1 amide bonds. The highest BCUT2D eigenvalue weighted by Crippen LogP contribution is 2.30. The number of nitrogens with one attached hydrogen (secondary N) is 1. The lowest BCUT2D eigenvalue weighted by molar-refractivity contribution is -0.121. The maximum absolute atomic E-state index is 12.7. The van der Waals surface area contributed by atoms with Crippen molar-refractivity contribution in [2.24, 2.45) is 5.10 Å². The molecule has 0 spiro atoms. The summed E-state index contributed by atoms with van der Waals surface area (Å²) in [5, 5.41) is 13.6. The fourth-order valence-electron chi connectivity index (χ4n) is 2.75. The van der Waals surface area contributed by atoms with E-state index in [9.17, 15) is 14.7 Å². The summed E-state index contributed by atoms with van der Waals surface area (Å²) in [6.07, 6.45) is 2.83. The SMILES string of the molecule is O=C(Cn1cnc2sc(-c3ccccc3)cc2c1=O)N/N=C\c1ccc(O)cc1. The van der Waals surface area contributed by atoms with Crippen molar-refractivity contribution in [2.75, 3.05) is 0 Å². The lowest BCUT2D eigenvalue weighted by Crippen LogP contribution is -2.29. The van der Waals surface area contributed by atoms with Crippen LogP contribution in [0.2, 0.25) is 0 Å². The number of hydrogen-bond acceptors (Lipinski definition) is 6. The Labute approximate surface area is 169 Å². The number of fused-ring (bicyclic) bond motifs is 1. The van der Waals surface area contributed by atoms with Gasteiger partial charge in [0.1, 0.15) is 17.1 Å². The first-order valence-corrected chi connectivity index (χ1v) is 9.57. The van der Waals surface area contributed by atoms with Crippen LogP contribution in [-0.4, -0.2) is 26.8 Å². The molecule has 8 heteroatoms. The van der Waals surface area contributed by atoms with Crippen LogP contribution >= 0.6 is 11.3 Å². The van der Waals surface area contributed by atoms with Crippen LogP contribution in [0.1, 0.15) is 5.56 Å². The largest absolute Gasteiger partial charge is 0.508 e. The van der Waals surface area contributed by atoms with E-state index < -0.39 is 5.91 Å². The van der Waals surface area contributed by atoms with Gasteiger partial charge < -0.3 is 5.11 Å². The summed E-state index contributed by atoms with van der Waals surface area (Å²) in [4.78, 5) is 30.7. The zero-order valence-corrected chi connectivity index (χ0v) is 16.0. The standard InChI is InChI=1S/C21H16N4O3S/c26-16-8-6-14(7-9-16)11-23-24-19(27)12-25-13-22-20-17(21(25)28)10-18(29-20)15-4-2-1-3-5-15/h1-11,13,26H,12H2,(H,24,27)/b23-11-. The average Bonchev–Trinajstić information content (AvgIpc) is 3.18. The van der Waals surface area contributed by atoms with E-state index in [-0.39, 0.29) is 17.9 Å². The van der Waals surface area contributed by atoms with Crippen molar-refractivity contribution in [3.05, 3.63) is 82.9 Å². The first-order chi connectivity index (χ1) is 14.1. The topological polar surface area (TPSA) is 96.6 Å². The highest BCUT2D eigenvalue weighted by Gasteiger charge is 2.12. The molecule has 2 N–H and O–H groups in total. The van der Waals surface area contributed by atoms with Crippen LogP contribution in [0, 0.1) is 0 Å². The molecule has 0 aliphatic carbocycles. The summed E-state index contributed by atoms with van der Waals surface area (Å²) < 4.78 is 1.26. The van der Waals surface area contributed by atoms with Crippen LogP contribution in [0.3, 0.4) is 0 Å². The summed E-state index contributed by atoms with van der Waals surface area (Å²) in [6, 6.07) is 17.9. The van der Waals surface area contributed by atoms with Crippen LogP contribution in [0.4, 0.5) is 0 Å². The molecule has 0 fully saturated rings. The number of hydrogen-bond donors (Lipinski definition) is 2. The number of carbonyl (C=O) groups is 1. The normalized spacial score (nSPS) is 11.2. The van der Waals surface area contributed by atoms with Gasteiger partial charge in [-0.2, -0.15) is 5.10 Å². The highest BCUT2D eigenvalue weighted by atomic mass is 32.1. The molecule has 0 unspecified atom stereocenters. The van der Waals surface area contributed by atoms with Gasteiger partial charge in [0.05, 0.1) is 17.9 Å². The molecule has 0 aliphatic rings. The van der Waals surface area contributed by atoms with Crippen molar-refractivity contribution in [1.82, 2.24) is 15.0 Å². The molecule has 4 aromatic rings. The number of phenols is 1. The van der Waals surface area contributed by atoms with Gasteiger partial charge in [-0.05, 0) is 41.5 Å². The van der Waals surface area contributed by atoms with Crippen LogP contribution in [-0.2, 0) is 11.3 Å². The fourth-order valence-corrected chi connectivity index (χ4v) is 3.74. The minimum absolute atomic E-state index is 0.150. The molecule has 0 aliphatic heterocycles. The molecule has 7 nitrogen and oxygen atoms in total. The zero-order chi connectivity index (χ0) is 20.2. The second kappa shape index (κ2) is 8.07. The zero-order valence-electron chi connectivity index (χ0n) is 15.1. The highest BCUT2D eigenvalue weighted by molar-refractivity contribution is 7.21. The van der Waals surface area contributed by atoms with E-state index in [1.165, 1.54) is 40.6 Å². The number of hydrazone groups is 1. The number of benzene rings is 2. The molecule has 29 heavy (non-hydrogen) atoms. The molecule has 2 aromatic carbocycles. The van der Waals surface area contributed by atoms with Gasteiger partial charge in [-0.3, -0.25) is 14.2 Å². The first kappa shape index (κ1) is 18.6. The van der Waals surface area contributed by atoms with Crippen LogP contribution < -0.4 is 11.0 Å². The average molecular weight is 404 g/mol. The molecule has 0 saturated heterocycles. The van der Waals surface area contributed by atoms with Crippen molar-refractivity contribution in [3.8, 4) is 16.2 Å². The van der Waals surface area contributed by atoms with Gasteiger partial charge in [-0.25, -0.2) is 10.4 Å². The second-order valence-corrected chi connectivity index (χ2v) is 7.29. The van der Waals surface area contributed by atoms with Crippen molar-refractivity contribution >= 4 is 33.7 Å². The number of carbonyl (C=O) groups excluding carboxylic acids is 1. The lowest BCUT2D eigenvalue weighted by Gasteiger charge is -2.03. The number of rotatable bonds is 5. The molecule has 0 bridgehead atoms. The van der Waals surface area contributed by atoms with Crippen molar-refractivity contribution < 1.29 is 9.90 Å². The smallest absolute Gasteiger partial charge is 0.262 e. The van der Waals surface area contributed by atoms with Gasteiger partial charge in [-0.1, -0.05) is 30.3 Å². The van der Waals surface area contributed by atoms with Crippen LogP contribution in [0.5, 0.6) is 5.75 Å².